The summed E-state index contributed by atoms with van der Waals surface area (Å²) in [4.78, 5) is 0. The van der Waals surface area contributed by atoms with Crippen molar-refractivity contribution in [3.05, 3.63) is 47.0 Å². The predicted molar refractivity (Wildman–Crippen MR) is 93.0 cm³/mol. The third-order valence-electron chi connectivity index (χ3n) is 3.29. The fraction of sp³-hybridized carbons (Fsp3) is 0.222. The van der Waals surface area contributed by atoms with E-state index in [-0.39, 0.29) is 27.8 Å². The van der Waals surface area contributed by atoms with Gasteiger partial charge in [-0.2, -0.15) is 10.5 Å². The third-order valence-corrected chi connectivity index (χ3v) is 3.58. The minimum atomic E-state index is -4.86. The van der Waals surface area contributed by atoms with Gasteiger partial charge >= 0.3 is 6.36 Å². The molecule has 2 N–H and O–H groups in total. The molecule has 0 aromatic heterocycles. The van der Waals surface area contributed by atoms with Gasteiger partial charge in [-0.05, 0) is 31.2 Å². The van der Waals surface area contributed by atoms with Gasteiger partial charge < -0.3 is 19.9 Å². The van der Waals surface area contributed by atoms with Gasteiger partial charge in [-0.3, -0.25) is 0 Å². The van der Waals surface area contributed by atoms with Crippen molar-refractivity contribution < 1.29 is 27.4 Å². The molecule has 10 heteroatoms. The van der Waals surface area contributed by atoms with E-state index in [1.54, 1.807) is 6.92 Å². The molecule has 0 spiro atoms. The number of alkyl halides is 3. The molecule has 0 bridgehead atoms. The number of rotatable bonds is 6. The molecule has 2 rings (SSSR count). The van der Waals surface area contributed by atoms with Crippen LogP contribution in [0.5, 0.6) is 23.0 Å². The second-order valence-corrected chi connectivity index (χ2v) is 5.95. The maximum absolute atomic E-state index is 12.3. The summed E-state index contributed by atoms with van der Waals surface area (Å²) < 4.78 is 51.8. The van der Waals surface area contributed by atoms with Crippen LogP contribution in [0.25, 0.3) is 0 Å². The molecular formula is C18H13ClF3N3O3. The van der Waals surface area contributed by atoms with Crippen LogP contribution in [0, 0.1) is 22.7 Å². The first-order valence-electron chi connectivity index (χ1n) is 7.72. The monoisotopic (exact) mass is 411 g/mol. The second-order valence-electron chi connectivity index (χ2n) is 5.54. The molecule has 2 atom stereocenters. The summed E-state index contributed by atoms with van der Waals surface area (Å²) in [6, 6.07) is 10.5. The largest absolute Gasteiger partial charge is 0.573 e. The number of nitrogens with two attached hydrogens (primary N) is 1. The van der Waals surface area contributed by atoms with Crippen LogP contribution in [-0.2, 0) is 0 Å². The van der Waals surface area contributed by atoms with Crippen LogP contribution in [0.1, 0.15) is 12.5 Å². The average Bonchev–Trinajstić information content (AvgIpc) is 2.61. The number of benzene rings is 2. The van der Waals surface area contributed by atoms with E-state index in [1.165, 1.54) is 24.3 Å². The van der Waals surface area contributed by atoms with Crippen molar-refractivity contribution in [2.75, 3.05) is 0 Å². The molecule has 146 valence electrons. The van der Waals surface area contributed by atoms with E-state index < -0.39 is 24.3 Å². The minimum absolute atomic E-state index is 0.0139. The van der Waals surface area contributed by atoms with Gasteiger partial charge in [-0.15, -0.1) is 13.2 Å². The SMILES string of the molecule is CC(N)C(C#N)Oc1cc(C#N)ccc1Oc1ccc(OC(F)(F)F)cc1Cl. The topological polar surface area (TPSA) is 101 Å². The van der Waals surface area contributed by atoms with Gasteiger partial charge in [-0.25, -0.2) is 0 Å². The Morgan fingerprint density at radius 3 is 2.29 bits per heavy atom. The number of hydrogen-bond donors (Lipinski definition) is 1. The van der Waals surface area contributed by atoms with Crippen LogP contribution in [0.3, 0.4) is 0 Å². The van der Waals surface area contributed by atoms with Crippen molar-refractivity contribution in [2.24, 2.45) is 5.73 Å². The van der Waals surface area contributed by atoms with Crippen molar-refractivity contribution in [1.29, 1.82) is 10.5 Å². The van der Waals surface area contributed by atoms with Crippen LogP contribution in [0.2, 0.25) is 5.02 Å². The highest BCUT2D eigenvalue weighted by atomic mass is 35.5. The molecular weight excluding hydrogens is 399 g/mol. The zero-order valence-corrected chi connectivity index (χ0v) is 15.1. The molecule has 0 aliphatic rings. The van der Waals surface area contributed by atoms with E-state index in [0.29, 0.717) is 0 Å². The minimum Gasteiger partial charge on any atom is -0.470 e. The van der Waals surface area contributed by atoms with Gasteiger partial charge in [-0.1, -0.05) is 11.6 Å². The van der Waals surface area contributed by atoms with Crippen molar-refractivity contribution >= 4 is 11.6 Å². The van der Waals surface area contributed by atoms with Crippen LogP contribution in [-0.4, -0.2) is 18.5 Å². The first kappa shape index (κ1) is 21.2. The number of halogens is 4. The lowest BCUT2D eigenvalue weighted by atomic mass is 10.2. The van der Waals surface area contributed by atoms with Crippen molar-refractivity contribution in [3.63, 3.8) is 0 Å². The maximum Gasteiger partial charge on any atom is 0.573 e. The lowest BCUT2D eigenvalue weighted by Gasteiger charge is -2.19. The van der Waals surface area contributed by atoms with Crippen molar-refractivity contribution in [1.82, 2.24) is 0 Å². The molecule has 0 saturated carbocycles. The van der Waals surface area contributed by atoms with E-state index in [0.717, 1.165) is 12.1 Å². The van der Waals surface area contributed by atoms with E-state index >= 15 is 0 Å². The highest BCUT2D eigenvalue weighted by Crippen LogP contribution is 2.38. The maximum atomic E-state index is 12.3. The Morgan fingerprint density at radius 1 is 1.07 bits per heavy atom. The summed E-state index contributed by atoms with van der Waals surface area (Å²) in [5.41, 5.74) is 5.92. The molecule has 0 saturated heterocycles. The van der Waals surface area contributed by atoms with Crippen LogP contribution < -0.4 is 19.9 Å². The van der Waals surface area contributed by atoms with E-state index in [4.69, 9.17) is 37.3 Å². The van der Waals surface area contributed by atoms with Gasteiger partial charge in [0.25, 0.3) is 0 Å². The van der Waals surface area contributed by atoms with Crippen LogP contribution >= 0.6 is 11.6 Å². The molecule has 0 aliphatic carbocycles. The molecule has 28 heavy (non-hydrogen) atoms. The summed E-state index contributed by atoms with van der Waals surface area (Å²) in [6.07, 6.45) is -5.88. The summed E-state index contributed by atoms with van der Waals surface area (Å²) in [6.45, 7) is 1.57. The highest BCUT2D eigenvalue weighted by Gasteiger charge is 2.31. The normalized spacial score (nSPS) is 13.0. The number of hydrogen-bond acceptors (Lipinski definition) is 6. The van der Waals surface area contributed by atoms with Gasteiger partial charge in [0, 0.05) is 12.1 Å². The van der Waals surface area contributed by atoms with E-state index in [1.807, 2.05) is 12.1 Å². The summed E-state index contributed by atoms with van der Waals surface area (Å²) in [5.74, 6) is -0.358. The molecule has 0 amide bonds. The first-order chi connectivity index (χ1) is 13.1. The Morgan fingerprint density at radius 2 is 1.75 bits per heavy atom. The Labute approximate surface area is 163 Å². The van der Waals surface area contributed by atoms with Crippen molar-refractivity contribution in [3.8, 4) is 35.1 Å². The third kappa shape index (κ3) is 5.68. The summed E-state index contributed by atoms with van der Waals surface area (Å²) in [5, 5.41) is 18.0. The fourth-order valence-corrected chi connectivity index (χ4v) is 2.23. The zero-order chi connectivity index (χ0) is 20.9. The van der Waals surface area contributed by atoms with Crippen LogP contribution in [0.15, 0.2) is 36.4 Å². The fourth-order valence-electron chi connectivity index (χ4n) is 2.02. The van der Waals surface area contributed by atoms with Gasteiger partial charge in [0.05, 0.1) is 22.7 Å². The molecule has 2 unspecified atom stereocenters. The van der Waals surface area contributed by atoms with Crippen LogP contribution in [0.4, 0.5) is 13.2 Å². The Bertz CT molecular complexity index is 936. The molecule has 0 radical (unpaired) electrons. The molecule has 2 aromatic carbocycles. The summed E-state index contributed by atoms with van der Waals surface area (Å²) >= 11 is 5.96. The Hall–Kier alpha value is -3.14. The smallest absolute Gasteiger partial charge is 0.470 e. The number of ether oxygens (including phenoxy) is 3. The molecule has 6 nitrogen and oxygen atoms in total. The first-order valence-corrected chi connectivity index (χ1v) is 8.10. The molecule has 0 aliphatic heterocycles. The molecule has 2 aromatic rings. The van der Waals surface area contributed by atoms with E-state index in [9.17, 15) is 13.2 Å². The van der Waals surface area contributed by atoms with Crippen molar-refractivity contribution in [2.45, 2.75) is 25.4 Å². The number of nitrogens with zero attached hydrogens (tertiary/aromatic N) is 2. The molecule has 0 heterocycles. The van der Waals surface area contributed by atoms with Gasteiger partial charge in [0.15, 0.2) is 17.6 Å². The quantitative estimate of drug-likeness (QED) is 0.749. The Kier molecular flexibility index (Phi) is 6.57. The Balaban J connectivity index is 2.33. The summed E-state index contributed by atoms with van der Waals surface area (Å²) in [7, 11) is 0. The lowest BCUT2D eigenvalue weighted by molar-refractivity contribution is -0.274. The van der Waals surface area contributed by atoms with E-state index in [2.05, 4.69) is 4.74 Å². The molecule has 0 fully saturated rings. The highest BCUT2D eigenvalue weighted by molar-refractivity contribution is 6.32. The second kappa shape index (κ2) is 8.70. The standard InChI is InChI=1S/C18H13ClF3N3O3/c1-10(25)17(9-24)27-16-6-11(8-23)2-4-15(16)26-14-5-3-12(7-13(14)19)28-18(20,21)22/h2-7,10,17H,25H2,1H3. The average molecular weight is 412 g/mol. The van der Waals surface area contributed by atoms with Gasteiger partial charge in [0.2, 0.25) is 0 Å². The van der Waals surface area contributed by atoms with Gasteiger partial charge in [0.1, 0.15) is 17.6 Å². The zero-order valence-electron chi connectivity index (χ0n) is 14.3. The number of nitriles is 2. The predicted octanol–water partition coefficient (Wildman–Crippen LogP) is 4.52. The lowest BCUT2D eigenvalue weighted by Crippen LogP contribution is -2.35.